The van der Waals surface area contributed by atoms with E-state index in [-0.39, 0.29) is 12.5 Å². The molecule has 0 atom stereocenters. The van der Waals surface area contributed by atoms with Gasteiger partial charge in [0, 0.05) is 18.0 Å². The highest BCUT2D eigenvalue weighted by molar-refractivity contribution is 7.22. The number of carbonyl (C=O) groups is 1. The van der Waals surface area contributed by atoms with Gasteiger partial charge in [-0.1, -0.05) is 28.7 Å². The van der Waals surface area contributed by atoms with E-state index in [1.807, 2.05) is 36.4 Å². The predicted molar refractivity (Wildman–Crippen MR) is 91.5 cm³/mol. The monoisotopic (exact) mass is 336 g/mol. The van der Waals surface area contributed by atoms with Crippen LogP contribution < -0.4 is 5.32 Å². The lowest BCUT2D eigenvalue weighted by Gasteiger charge is -2.00. The van der Waals surface area contributed by atoms with Crippen LogP contribution in [-0.4, -0.2) is 30.9 Å². The molecule has 1 N–H and O–H groups in total. The van der Waals surface area contributed by atoms with Gasteiger partial charge in [0.1, 0.15) is 12.2 Å². The van der Waals surface area contributed by atoms with Gasteiger partial charge in [-0.3, -0.25) is 9.78 Å². The molecule has 24 heavy (non-hydrogen) atoms. The summed E-state index contributed by atoms with van der Waals surface area (Å²) < 4.78 is 2.53. The van der Waals surface area contributed by atoms with Gasteiger partial charge in [-0.15, -0.1) is 5.10 Å². The van der Waals surface area contributed by atoms with E-state index in [1.165, 1.54) is 16.0 Å². The lowest BCUT2D eigenvalue weighted by molar-refractivity contribution is -0.116. The van der Waals surface area contributed by atoms with Crippen LogP contribution in [0.5, 0.6) is 0 Å². The predicted octanol–water partition coefficient (Wildman–Crippen LogP) is 2.59. The Hall–Kier alpha value is -3.13. The second-order valence-electron chi connectivity index (χ2n) is 5.07. The largest absolute Gasteiger partial charge is 0.300 e. The van der Waals surface area contributed by atoms with E-state index < -0.39 is 0 Å². The van der Waals surface area contributed by atoms with Gasteiger partial charge in [-0.2, -0.15) is 0 Å². The standard InChI is InChI=1S/C16H12N6OS/c23-15(19-16-18-12-3-1-2-4-14(12)24-16)10-22-9-13(20-21-22)11-5-7-17-8-6-11/h1-9H,10H2,(H,18,19,23). The molecular weight excluding hydrogens is 324 g/mol. The van der Waals surface area contributed by atoms with Crippen molar-refractivity contribution in [1.29, 1.82) is 0 Å². The van der Waals surface area contributed by atoms with Crippen LogP contribution in [-0.2, 0) is 11.3 Å². The SMILES string of the molecule is O=C(Cn1cc(-c2ccncc2)nn1)Nc1nc2ccccc2s1. The summed E-state index contributed by atoms with van der Waals surface area (Å²) in [5, 5.41) is 11.4. The molecule has 0 unspecified atom stereocenters. The Morgan fingerprint density at radius 3 is 2.83 bits per heavy atom. The number of aromatic nitrogens is 5. The fourth-order valence-electron chi connectivity index (χ4n) is 2.26. The molecule has 4 rings (SSSR count). The number of benzene rings is 1. The van der Waals surface area contributed by atoms with Crippen LogP contribution in [0.3, 0.4) is 0 Å². The van der Waals surface area contributed by atoms with E-state index in [9.17, 15) is 4.79 Å². The molecule has 0 aliphatic rings. The maximum Gasteiger partial charge on any atom is 0.247 e. The third-order valence-corrected chi connectivity index (χ3v) is 4.31. The molecule has 4 aromatic rings. The molecule has 0 bridgehead atoms. The third-order valence-electron chi connectivity index (χ3n) is 3.36. The highest BCUT2D eigenvalue weighted by Crippen LogP contribution is 2.25. The Balaban J connectivity index is 1.45. The number of amides is 1. The molecule has 0 saturated heterocycles. The number of fused-ring (bicyclic) bond motifs is 1. The van der Waals surface area contributed by atoms with Crippen LogP contribution >= 0.6 is 11.3 Å². The highest BCUT2D eigenvalue weighted by atomic mass is 32.1. The molecule has 3 aromatic heterocycles. The highest BCUT2D eigenvalue weighted by Gasteiger charge is 2.10. The summed E-state index contributed by atoms with van der Waals surface area (Å²) >= 11 is 1.44. The van der Waals surface area contributed by atoms with Crippen LogP contribution in [0, 0.1) is 0 Å². The summed E-state index contributed by atoms with van der Waals surface area (Å²) in [6, 6.07) is 11.4. The summed E-state index contributed by atoms with van der Waals surface area (Å²) in [5.41, 5.74) is 2.48. The Morgan fingerprint density at radius 2 is 2.00 bits per heavy atom. The van der Waals surface area contributed by atoms with Gasteiger partial charge in [0.05, 0.1) is 16.4 Å². The summed E-state index contributed by atoms with van der Waals surface area (Å²) in [7, 11) is 0. The molecule has 7 nitrogen and oxygen atoms in total. The zero-order valence-corrected chi connectivity index (χ0v) is 13.3. The molecule has 3 heterocycles. The molecule has 0 fully saturated rings. The van der Waals surface area contributed by atoms with E-state index in [0.717, 1.165) is 15.8 Å². The number of nitrogens with one attached hydrogen (secondary N) is 1. The van der Waals surface area contributed by atoms with Crippen molar-refractivity contribution in [2.45, 2.75) is 6.54 Å². The molecule has 0 aliphatic heterocycles. The van der Waals surface area contributed by atoms with Gasteiger partial charge in [-0.05, 0) is 24.3 Å². The lowest BCUT2D eigenvalue weighted by atomic mass is 10.2. The van der Waals surface area contributed by atoms with E-state index in [2.05, 4.69) is 25.6 Å². The summed E-state index contributed by atoms with van der Waals surface area (Å²) in [6.07, 6.45) is 5.11. The fraction of sp³-hybridized carbons (Fsp3) is 0.0625. The number of anilines is 1. The Morgan fingerprint density at radius 1 is 1.17 bits per heavy atom. The first-order valence-electron chi connectivity index (χ1n) is 7.24. The Kier molecular flexibility index (Phi) is 3.72. The number of thiazole rings is 1. The summed E-state index contributed by atoms with van der Waals surface area (Å²) in [6.45, 7) is 0.0774. The van der Waals surface area contributed by atoms with E-state index >= 15 is 0 Å². The van der Waals surface area contributed by atoms with Crippen molar-refractivity contribution in [2.24, 2.45) is 0 Å². The van der Waals surface area contributed by atoms with Crippen molar-refractivity contribution in [3.05, 3.63) is 55.0 Å². The summed E-state index contributed by atoms with van der Waals surface area (Å²) in [4.78, 5) is 20.5. The molecule has 0 aliphatic carbocycles. The summed E-state index contributed by atoms with van der Waals surface area (Å²) in [5.74, 6) is -0.194. The average Bonchev–Trinajstić information content (AvgIpc) is 3.21. The molecule has 0 saturated carbocycles. The number of nitrogens with zero attached hydrogens (tertiary/aromatic N) is 5. The fourth-order valence-corrected chi connectivity index (χ4v) is 3.14. The first-order valence-corrected chi connectivity index (χ1v) is 8.05. The normalized spacial score (nSPS) is 10.8. The molecule has 1 aromatic carbocycles. The minimum absolute atomic E-state index is 0.0774. The van der Waals surface area contributed by atoms with Gasteiger partial charge in [-0.25, -0.2) is 9.67 Å². The van der Waals surface area contributed by atoms with E-state index in [1.54, 1.807) is 18.6 Å². The first-order chi connectivity index (χ1) is 11.8. The van der Waals surface area contributed by atoms with Crippen molar-refractivity contribution >= 4 is 32.6 Å². The van der Waals surface area contributed by atoms with Crippen LogP contribution in [0.15, 0.2) is 55.0 Å². The molecule has 1 amide bonds. The average molecular weight is 336 g/mol. The van der Waals surface area contributed by atoms with Gasteiger partial charge < -0.3 is 5.32 Å². The number of pyridine rings is 1. The van der Waals surface area contributed by atoms with Crippen LogP contribution in [0.25, 0.3) is 21.5 Å². The van der Waals surface area contributed by atoms with Gasteiger partial charge in [0.2, 0.25) is 5.91 Å². The second kappa shape index (κ2) is 6.17. The number of hydrogen-bond acceptors (Lipinski definition) is 6. The third kappa shape index (κ3) is 2.99. The molecule has 0 radical (unpaired) electrons. The van der Waals surface area contributed by atoms with Crippen molar-refractivity contribution in [2.75, 3.05) is 5.32 Å². The zero-order valence-electron chi connectivity index (χ0n) is 12.5. The molecule has 0 spiro atoms. The molecular formula is C16H12N6OS. The Bertz CT molecular complexity index is 961. The maximum absolute atomic E-state index is 12.2. The smallest absolute Gasteiger partial charge is 0.247 e. The first kappa shape index (κ1) is 14.5. The molecule has 118 valence electrons. The minimum Gasteiger partial charge on any atom is -0.300 e. The molecule has 8 heteroatoms. The number of carbonyl (C=O) groups excluding carboxylic acids is 1. The number of rotatable bonds is 4. The lowest BCUT2D eigenvalue weighted by Crippen LogP contribution is -2.19. The van der Waals surface area contributed by atoms with Crippen molar-refractivity contribution in [1.82, 2.24) is 25.0 Å². The number of hydrogen-bond donors (Lipinski definition) is 1. The van der Waals surface area contributed by atoms with E-state index in [0.29, 0.717) is 10.8 Å². The van der Waals surface area contributed by atoms with Crippen LogP contribution in [0.4, 0.5) is 5.13 Å². The zero-order chi connectivity index (χ0) is 16.4. The second-order valence-corrected chi connectivity index (χ2v) is 6.10. The van der Waals surface area contributed by atoms with Crippen LogP contribution in [0.1, 0.15) is 0 Å². The quantitative estimate of drug-likeness (QED) is 0.619. The maximum atomic E-state index is 12.2. The minimum atomic E-state index is -0.194. The van der Waals surface area contributed by atoms with Crippen molar-refractivity contribution < 1.29 is 4.79 Å². The van der Waals surface area contributed by atoms with Gasteiger partial charge >= 0.3 is 0 Å². The van der Waals surface area contributed by atoms with Crippen molar-refractivity contribution in [3.63, 3.8) is 0 Å². The topological polar surface area (TPSA) is 85.6 Å². The Labute approximate surface area is 141 Å². The van der Waals surface area contributed by atoms with Gasteiger partial charge in [0.25, 0.3) is 0 Å². The number of para-hydroxylation sites is 1. The van der Waals surface area contributed by atoms with Gasteiger partial charge in [0.15, 0.2) is 5.13 Å². The van der Waals surface area contributed by atoms with Crippen LogP contribution in [0.2, 0.25) is 0 Å². The van der Waals surface area contributed by atoms with E-state index in [4.69, 9.17) is 0 Å². The van der Waals surface area contributed by atoms with Crippen molar-refractivity contribution in [3.8, 4) is 11.3 Å².